The second-order valence-electron chi connectivity index (χ2n) is 4.34. The molecule has 0 fully saturated rings. The molecule has 0 saturated carbocycles. The molecule has 0 aliphatic heterocycles. The number of nitrogens with one attached hydrogen (secondary N) is 1. The lowest BCUT2D eigenvalue weighted by molar-refractivity contribution is 0.417. The first-order valence-electron chi connectivity index (χ1n) is 5.94. The topological polar surface area (TPSA) is 43.0 Å². The third-order valence-electron chi connectivity index (χ3n) is 2.85. The summed E-state index contributed by atoms with van der Waals surface area (Å²) in [6, 6.07) is 6.23. The SMILES string of the molecule is Cc1cc(C)n(CCNC(C)c2ccco2)n1. The fraction of sp³-hybridized carbons (Fsp3) is 0.462. The minimum atomic E-state index is 0.238. The number of hydrogen-bond acceptors (Lipinski definition) is 3. The molecule has 4 nitrogen and oxygen atoms in total. The second kappa shape index (κ2) is 5.19. The molecule has 1 N–H and O–H groups in total. The molecule has 0 bridgehead atoms. The van der Waals surface area contributed by atoms with E-state index in [-0.39, 0.29) is 6.04 Å². The highest BCUT2D eigenvalue weighted by molar-refractivity contribution is 5.06. The van der Waals surface area contributed by atoms with Crippen molar-refractivity contribution in [3.05, 3.63) is 41.6 Å². The van der Waals surface area contributed by atoms with Crippen LogP contribution in [0.2, 0.25) is 0 Å². The van der Waals surface area contributed by atoms with E-state index in [0.717, 1.165) is 24.5 Å². The van der Waals surface area contributed by atoms with Crippen molar-refractivity contribution < 1.29 is 4.42 Å². The lowest BCUT2D eigenvalue weighted by atomic mass is 10.2. The summed E-state index contributed by atoms with van der Waals surface area (Å²) in [6.45, 7) is 7.95. The molecule has 4 heteroatoms. The van der Waals surface area contributed by atoms with Crippen molar-refractivity contribution in [2.24, 2.45) is 0 Å². The van der Waals surface area contributed by atoms with Crippen LogP contribution in [-0.4, -0.2) is 16.3 Å². The molecule has 0 saturated heterocycles. The molecule has 0 radical (unpaired) electrons. The third-order valence-corrected chi connectivity index (χ3v) is 2.85. The Morgan fingerprint density at radius 3 is 2.88 bits per heavy atom. The van der Waals surface area contributed by atoms with Gasteiger partial charge in [0.1, 0.15) is 5.76 Å². The van der Waals surface area contributed by atoms with Gasteiger partial charge in [0.05, 0.1) is 24.5 Å². The molecule has 1 unspecified atom stereocenters. The van der Waals surface area contributed by atoms with Gasteiger partial charge in [-0.3, -0.25) is 4.68 Å². The van der Waals surface area contributed by atoms with Gasteiger partial charge in [0.2, 0.25) is 0 Å². The highest BCUT2D eigenvalue weighted by Gasteiger charge is 2.07. The van der Waals surface area contributed by atoms with Crippen LogP contribution in [0.15, 0.2) is 28.9 Å². The summed E-state index contributed by atoms with van der Waals surface area (Å²) in [5.74, 6) is 0.971. The maximum Gasteiger partial charge on any atom is 0.120 e. The standard InChI is InChI=1S/C13H19N3O/c1-10-9-11(2)16(15-10)7-6-14-12(3)13-5-4-8-17-13/h4-5,8-9,12,14H,6-7H2,1-3H3. The van der Waals surface area contributed by atoms with Crippen LogP contribution < -0.4 is 5.32 Å². The van der Waals surface area contributed by atoms with Gasteiger partial charge in [-0.15, -0.1) is 0 Å². The van der Waals surface area contributed by atoms with Gasteiger partial charge in [-0.2, -0.15) is 5.10 Å². The summed E-state index contributed by atoms with van der Waals surface area (Å²) in [5.41, 5.74) is 2.27. The van der Waals surface area contributed by atoms with Gasteiger partial charge >= 0.3 is 0 Å². The van der Waals surface area contributed by atoms with E-state index in [4.69, 9.17) is 4.42 Å². The molecule has 0 aliphatic carbocycles. The molecular formula is C13H19N3O. The van der Waals surface area contributed by atoms with E-state index in [0.29, 0.717) is 0 Å². The van der Waals surface area contributed by atoms with Crippen LogP contribution in [-0.2, 0) is 6.54 Å². The summed E-state index contributed by atoms with van der Waals surface area (Å²) in [4.78, 5) is 0. The monoisotopic (exact) mass is 233 g/mol. The third kappa shape index (κ3) is 2.97. The van der Waals surface area contributed by atoms with E-state index in [2.05, 4.69) is 30.3 Å². The Balaban J connectivity index is 1.82. The first-order valence-corrected chi connectivity index (χ1v) is 5.94. The van der Waals surface area contributed by atoms with E-state index in [1.165, 1.54) is 5.69 Å². The van der Waals surface area contributed by atoms with Crippen molar-refractivity contribution in [2.75, 3.05) is 6.54 Å². The molecule has 2 rings (SSSR count). The summed E-state index contributed by atoms with van der Waals surface area (Å²) >= 11 is 0. The van der Waals surface area contributed by atoms with Gasteiger partial charge in [0.25, 0.3) is 0 Å². The van der Waals surface area contributed by atoms with Gasteiger partial charge in [-0.1, -0.05) is 0 Å². The van der Waals surface area contributed by atoms with E-state index in [1.807, 2.05) is 23.7 Å². The molecule has 2 heterocycles. The normalized spacial score (nSPS) is 12.9. The van der Waals surface area contributed by atoms with Crippen LogP contribution in [0, 0.1) is 13.8 Å². The highest BCUT2D eigenvalue weighted by Crippen LogP contribution is 2.11. The van der Waals surface area contributed by atoms with Crippen molar-refractivity contribution in [2.45, 2.75) is 33.4 Å². The maximum atomic E-state index is 5.34. The smallest absolute Gasteiger partial charge is 0.120 e. The minimum Gasteiger partial charge on any atom is -0.468 e. The largest absolute Gasteiger partial charge is 0.468 e. The molecular weight excluding hydrogens is 214 g/mol. The summed E-state index contributed by atoms with van der Waals surface area (Å²) in [5, 5.41) is 7.84. The number of aromatic nitrogens is 2. The van der Waals surface area contributed by atoms with E-state index in [1.54, 1.807) is 6.26 Å². The van der Waals surface area contributed by atoms with Gasteiger partial charge in [-0.25, -0.2) is 0 Å². The molecule has 2 aromatic rings. The first-order chi connectivity index (χ1) is 8.16. The van der Waals surface area contributed by atoms with Crippen molar-refractivity contribution >= 4 is 0 Å². The van der Waals surface area contributed by atoms with Crippen molar-refractivity contribution in [1.82, 2.24) is 15.1 Å². The lowest BCUT2D eigenvalue weighted by Crippen LogP contribution is -2.23. The Kier molecular flexibility index (Phi) is 3.64. The fourth-order valence-corrected chi connectivity index (χ4v) is 1.93. The molecule has 0 aromatic carbocycles. The van der Waals surface area contributed by atoms with Gasteiger partial charge in [0, 0.05) is 12.2 Å². The Hall–Kier alpha value is -1.55. The van der Waals surface area contributed by atoms with E-state index >= 15 is 0 Å². The Bertz CT molecular complexity index is 459. The van der Waals surface area contributed by atoms with Crippen molar-refractivity contribution in [3.63, 3.8) is 0 Å². The Labute approximate surface area is 102 Å². The van der Waals surface area contributed by atoms with E-state index in [9.17, 15) is 0 Å². The Morgan fingerprint density at radius 1 is 1.47 bits per heavy atom. The average molecular weight is 233 g/mol. The predicted octanol–water partition coefficient (Wildman–Crippen LogP) is 2.44. The summed E-state index contributed by atoms with van der Waals surface area (Å²) < 4.78 is 7.37. The summed E-state index contributed by atoms with van der Waals surface area (Å²) in [6.07, 6.45) is 1.70. The molecule has 2 aromatic heterocycles. The van der Waals surface area contributed by atoms with Crippen LogP contribution in [0.3, 0.4) is 0 Å². The van der Waals surface area contributed by atoms with Crippen molar-refractivity contribution in [1.29, 1.82) is 0 Å². The highest BCUT2D eigenvalue weighted by atomic mass is 16.3. The predicted molar refractivity (Wildman–Crippen MR) is 66.8 cm³/mol. The number of nitrogens with zero attached hydrogens (tertiary/aromatic N) is 2. The van der Waals surface area contributed by atoms with Gasteiger partial charge < -0.3 is 9.73 Å². The van der Waals surface area contributed by atoms with Crippen LogP contribution >= 0.6 is 0 Å². The molecule has 0 aliphatic rings. The minimum absolute atomic E-state index is 0.238. The van der Waals surface area contributed by atoms with Gasteiger partial charge in [0.15, 0.2) is 0 Å². The molecule has 0 spiro atoms. The average Bonchev–Trinajstić information content (AvgIpc) is 2.89. The van der Waals surface area contributed by atoms with Crippen LogP contribution in [0.1, 0.15) is 30.1 Å². The molecule has 0 amide bonds. The lowest BCUT2D eigenvalue weighted by Gasteiger charge is -2.11. The second-order valence-corrected chi connectivity index (χ2v) is 4.34. The number of rotatable bonds is 5. The quantitative estimate of drug-likeness (QED) is 0.862. The number of aryl methyl sites for hydroxylation is 2. The molecule has 1 atom stereocenters. The van der Waals surface area contributed by atoms with Gasteiger partial charge in [-0.05, 0) is 39.0 Å². The zero-order valence-electron chi connectivity index (χ0n) is 10.6. The van der Waals surface area contributed by atoms with Crippen LogP contribution in [0.4, 0.5) is 0 Å². The molecule has 92 valence electrons. The zero-order chi connectivity index (χ0) is 12.3. The first kappa shape index (κ1) is 11.9. The molecule has 17 heavy (non-hydrogen) atoms. The zero-order valence-corrected chi connectivity index (χ0v) is 10.6. The van der Waals surface area contributed by atoms with Crippen LogP contribution in [0.25, 0.3) is 0 Å². The van der Waals surface area contributed by atoms with Crippen LogP contribution in [0.5, 0.6) is 0 Å². The fourth-order valence-electron chi connectivity index (χ4n) is 1.93. The Morgan fingerprint density at radius 2 is 2.29 bits per heavy atom. The van der Waals surface area contributed by atoms with Crippen molar-refractivity contribution in [3.8, 4) is 0 Å². The summed E-state index contributed by atoms with van der Waals surface area (Å²) in [7, 11) is 0. The number of furan rings is 1. The maximum absolute atomic E-state index is 5.34. The van der Waals surface area contributed by atoms with E-state index < -0.39 is 0 Å². The number of hydrogen-bond donors (Lipinski definition) is 1.